The van der Waals surface area contributed by atoms with Gasteiger partial charge in [0, 0.05) is 23.7 Å². The molecule has 0 radical (unpaired) electrons. The minimum absolute atomic E-state index is 0.574. The summed E-state index contributed by atoms with van der Waals surface area (Å²) < 4.78 is 5.71. The lowest BCUT2D eigenvalue weighted by molar-refractivity contribution is 0.101. The van der Waals surface area contributed by atoms with E-state index in [1.807, 2.05) is 0 Å². The third-order valence-electron chi connectivity index (χ3n) is 4.43. The van der Waals surface area contributed by atoms with Crippen LogP contribution in [0.1, 0.15) is 64.7 Å². The Hall–Kier alpha value is 0.270. The van der Waals surface area contributed by atoms with Crippen LogP contribution in [0.15, 0.2) is 0 Å². The first-order valence-electron chi connectivity index (χ1n) is 8.35. The quantitative estimate of drug-likeness (QED) is 0.692. The van der Waals surface area contributed by atoms with Gasteiger partial charge < -0.3 is 10.1 Å². The van der Waals surface area contributed by atoms with Gasteiger partial charge in [-0.15, -0.1) is 0 Å². The van der Waals surface area contributed by atoms with Crippen LogP contribution < -0.4 is 5.32 Å². The summed E-state index contributed by atoms with van der Waals surface area (Å²) in [5.74, 6) is 1.31. The van der Waals surface area contributed by atoms with Gasteiger partial charge >= 0.3 is 0 Å². The molecular formula is C16H31NOS. The Labute approximate surface area is 123 Å². The van der Waals surface area contributed by atoms with Crippen LogP contribution in [0.3, 0.4) is 0 Å². The van der Waals surface area contributed by atoms with Crippen LogP contribution in [0.25, 0.3) is 0 Å². The zero-order valence-electron chi connectivity index (χ0n) is 12.5. The molecule has 2 fully saturated rings. The molecule has 19 heavy (non-hydrogen) atoms. The van der Waals surface area contributed by atoms with Gasteiger partial charge in [-0.3, -0.25) is 0 Å². The van der Waals surface area contributed by atoms with Gasteiger partial charge in [-0.05, 0) is 51.5 Å². The van der Waals surface area contributed by atoms with E-state index in [9.17, 15) is 0 Å². The van der Waals surface area contributed by atoms with Crippen LogP contribution in [0.5, 0.6) is 0 Å². The molecule has 2 aliphatic rings. The maximum atomic E-state index is 5.71. The Bertz CT molecular complexity index is 225. The highest BCUT2D eigenvalue weighted by Gasteiger charge is 2.19. The molecule has 1 aliphatic carbocycles. The Morgan fingerprint density at radius 2 is 2.05 bits per heavy atom. The lowest BCUT2D eigenvalue weighted by Gasteiger charge is -2.20. The number of nitrogens with one attached hydrogen (secondary N) is 1. The molecule has 0 aromatic heterocycles. The molecule has 112 valence electrons. The molecule has 0 amide bonds. The molecule has 0 aromatic rings. The zero-order valence-corrected chi connectivity index (χ0v) is 13.4. The fourth-order valence-electron chi connectivity index (χ4n) is 3.30. The second-order valence-electron chi connectivity index (χ2n) is 6.06. The molecule has 1 N–H and O–H groups in total. The standard InChI is InChI=1S/C16H31NOS/c1-2-17-14(13-19-16-10-3-4-11-16)7-5-8-15-9-6-12-18-15/h14-17H,2-13H2,1H3. The van der Waals surface area contributed by atoms with Gasteiger partial charge in [-0.25, -0.2) is 0 Å². The maximum Gasteiger partial charge on any atom is 0.0576 e. The van der Waals surface area contributed by atoms with Crippen molar-refractivity contribution in [3.63, 3.8) is 0 Å². The highest BCUT2D eigenvalue weighted by Crippen LogP contribution is 2.30. The van der Waals surface area contributed by atoms with Gasteiger partial charge in [0.1, 0.15) is 0 Å². The molecule has 2 unspecified atom stereocenters. The summed E-state index contributed by atoms with van der Waals surface area (Å²) >= 11 is 2.22. The van der Waals surface area contributed by atoms with Crippen LogP contribution in [0.2, 0.25) is 0 Å². The van der Waals surface area contributed by atoms with Gasteiger partial charge in [0.15, 0.2) is 0 Å². The van der Waals surface area contributed by atoms with Crippen molar-refractivity contribution in [1.29, 1.82) is 0 Å². The first kappa shape index (κ1) is 15.7. The maximum absolute atomic E-state index is 5.71. The highest BCUT2D eigenvalue weighted by molar-refractivity contribution is 7.99. The summed E-state index contributed by atoms with van der Waals surface area (Å²) in [6.45, 7) is 4.34. The average molecular weight is 285 g/mol. The molecule has 3 heteroatoms. The monoisotopic (exact) mass is 285 g/mol. The molecule has 2 atom stereocenters. The van der Waals surface area contributed by atoms with E-state index < -0.39 is 0 Å². The van der Waals surface area contributed by atoms with E-state index in [1.165, 1.54) is 63.5 Å². The second-order valence-corrected chi connectivity index (χ2v) is 7.39. The van der Waals surface area contributed by atoms with Crippen molar-refractivity contribution in [3.8, 4) is 0 Å². The van der Waals surface area contributed by atoms with E-state index in [-0.39, 0.29) is 0 Å². The lowest BCUT2D eigenvalue weighted by atomic mass is 10.1. The highest BCUT2D eigenvalue weighted by atomic mass is 32.2. The van der Waals surface area contributed by atoms with Crippen molar-refractivity contribution in [2.75, 3.05) is 18.9 Å². The number of rotatable bonds is 9. The molecule has 0 aromatic carbocycles. The van der Waals surface area contributed by atoms with Crippen LogP contribution in [-0.2, 0) is 4.74 Å². The average Bonchev–Trinajstić information content (AvgIpc) is 3.09. The molecule has 0 bridgehead atoms. The number of hydrogen-bond acceptors (Lipinski definition) is 3. The van der Waals surface area contributed by atoms with Gasteiger partial charge in [-0.2, -0.15) is 11.8 Å². The number of thioether (sulfide) groups is 1. The van der Waals surface area contributed by atoms with E-state index in [0.717, 1.165) is 24.4 Å². The molecule has 1 saturated heterocycles. The Morgan fingerprint density at radius 3 is 2.74 bits per heavy atom. The van der Waals surface area contributed by atoms with Crippen LogP contribution in [0, 0.1) is 0 Å². The van der Waals surface area contributed by atoms with Crippen molar-refractivity contribution in [3.05, 3.63) is 0 Å². The molecule has 2 rings (SSSR count). The molecule has 1 aliphatic heterocycles. The third kappa shape index (κ3) is 6.05. The summed E-state index contributed by atoms with van der Waals surface area (Å²) in [5, 5.41) is 4.63. The van der Waals surface area contributed by atoms with E-state index in [2.05, 4.69) is 24.0 Å². The molecule has 2 nitrogen and oxygen atoms in total. The summed E-state index contributed by atoms with van der Waals surface area (Å²) in [6.07, 6.45) is 12.9. The van der Waals surface area contributed by atoms with Crippen LogP contribution >= 0.6 is 11.8 Å². The topological polar surface area (TPSA) is 21.3 Å². The number of ether oxygens (including phenoxy) is 1. The zero-order chi connectivity index (χ0) is 13.3. The van der Waals surface area contributed by atoms with E-state index in [1.54, 1.807) is 0 Å². The fraction of sp³-hybridized carbons (Fsp3) is 1.00. The smallest absolute Gasteiger partial charge is 0.0576 e. The first-order valence-corrected chi connectivity index (χ1v) is 9.40. The van der Waals surface area contributed by atoms with Crippen molar-refractivity contribution < 1.29 is 4.74 Å². The summed E-state index contributed by atoms with van der Waals surface area (Å²) in [7, 11) is 0. The second kappa shape index (κ2) is 9.25. The van der Waals surface area contributed by atoms with Crippen molar-refractivity contribution in [2.24, 2.45) is 0 Å². The number of hydrogen-bond donors (Lipinski definition) is 1. The molecule has 0 spiro atoms. The van der Waals surface area contributed by atoms with E-state index in [0.29, 0.717) is 6.10 Å². The predicted octanol–water partition coefficient (Wildman–Crippen LogP) is 3.99. The van der Waals surface area contributed by atoms with Gasteiger partial charge in [0.2, 0.25) is 0 Å². The predicted molar refractivity (Wildman–Crippen MR) is 85.0 cm³/mol. The largest absolute Gasteiger partial charge is 0.378 e. The molecule has 1 heterocycles. The van der Waals surface area contributed by atoms with Crippen molar-refractivity contribution >= 4 is 11.8 Å². The minimum Gasteiger partial charge on any atom is -0.378 e. The Morgan fingerprint density at radius 1 is 1.21 bits per heavy atom. The normalized spacial score (nSPS) is 26.1. The first-order chi connectivity index (χ1) is 9.38. The van der Waals surface area contributed by atoms with Gasteiger partial charge in [0.05, 0.1) is 6.10 Å². The Kier molecular flexibility index (Phi) is 7.62. The minimum atomic E-state index is 0.574. The lowest BCUT2D eigenvalue weighted by Crippen LogP contribution is -2.32. The van der Waals surface area contributed by atoms with Crippen molar-refractivity contribution in [1.82, 2.24) is 5.32 Å². The van der Waals surface area contributed by atoms with Gasteiger partial charge in [-0.1, -0.05) is 19.8 Å². The SMILES string of the molecule is CCNC(CCCC1CCCO1)CSC1CCCC1. The van der Waals surface area contributed by atoms with E-state index >= 15 is 0 Å². The van der Waals surface area contributed by atoms with Gasteiger partial charge in [0.25, 0.3) is 0 Å². The third-order valence-corrected chi connectivity index (χ3v) is 5.97. The molecule has 1 saturated carbocycles. The summed E-state index contributed by atoms with van der Waals surface area (Å²) in [4.78, 5) is 0. The van der Waals surface area contributed by atoms with Crippen LogP contribution in [-0.4, -0.2) is 36.3 Å². The van der Waals surface area contributed by atoms with E-state index in [4.69, 9.17) is 4.74 Å². The summed E-state index contributed by atoms with van der Waals surface area (Å²) in [5.41, 5.74) is 0. The molecular weight excluding hydrogens is 254 g/mol. The van der Waals surface area contributed by atoms with Crippen LogP contribution in [0.4, 0.5) is 0 Å². The van der Waals surface area contributed by atoms with Crippen molar-refractivity contribution in [2.45, 2.75) is 82.1 Å². The summed E-state index contributed by atoms with van der Waals surface area (Å²) in [6, 6.07) is 0.719. The Balaban J connectivity index is 1.57. The fourth-order valence-corrected chi connectivity index (χ4v) is 4.76.